The van der Waals surface area contributed by atoms with Crippen molar-refractivity contribution < 1.29 is 9.13 Å². The predicted octanol–water partition coefficient (Wildman–Crippen LogP) is 3.03. The van der Waals surface area contributed by atoms with Crippen LogP contribution in [0.4, 0.5) is 10.1 Å². The number of nitrogens with one attached hydrogen (secondary N) is 1. The molecule has 0 amide bonds. The molecule has 0 saturated carbocycles. The molecule has 0 bridgehead atoms. The summed E-state index contributed by atoms with van der Waals surface area (Å²) in [6, 6.07) is 7.08. The van der Waals surface area contributed by atoms with Crippen LogP contribution in [0.3, 0.4) is 0 Å². The Morgan fingerprint density at radius 1 is 1.16 bits per heavy atom. The van der Waals surface area contributed by atoms with Gasteiger partial charge in [0.25, 0.3) is 0 Å². The van der Waals surface area contributed by atoms with Crippen LogP contribution in [-0.2, 0) is 4.74 Å². The van der Waals surface area contributed by atoms with E-state index in [-0.39, 0.29) is 29.8 Å². The van der Waals surface area contributed by atoms with Crippen LogP contribution in [0.1, 0.15) is 26.2 Å². The van der Waals surface area contributed by atoms with E-state index in [2.05, 4.69) is 26.9 Å². The Morgan fingerprint density at radius 2 is 1.97 bits per heavy atom. The summed E-state index contributed by atoms with van der Waals surface area (Å²) in [4.78, 5) is 12.0. The van der Waals surface area contributed by atoms with Crippen LogP contribution in [0.15, 0.2) is 29.3 Å². The van der Waals surface area contributed by atoms with Crippen LogP contribution < -0.4 is 10.2 Å². The van der Waals surface area contributed by atoms with Crippen molar-refractivity contribution in [1.82, 2.24) is 15.1 Å². The summed E-state index contributed by atoms with van der Waals surface area (Å²) in [6.07, 6.45) is 3.45. The molecule has 1 unspecified atom stereocenters. The van der Waals surface area contributed by atoms with Crippen molar-refractivity contribution >= 4 is 35.6 Å². The molecular weight excluding hydrogens is 508 g/mol. The molecule has 6 nitrogen and oxygen atoms in total. The zero-order valence-corrected chi connectivity index (χ0v) is 21.0. The summed E-state index contributed by atoms with van der Waals surface area (Å²) in [7, 11) is 0. The molecule has 0 aliphatic carbocycles. The quantitative estimate of drug-likeness (QED) is 0.258. The van der Waals surface area contributed by atoms with Gasteiger partial charge in [-0.1, -0.05) is 12.1 Å². The van der Waals surface area contributed by atoms with Gasteiger partial charge in [-0.25, -0.2) is 4.39 Å². The maximum Gasteiger partial charge on any atom is 0.193 e. The summed E-state index contributed by atoms with van der Waals surface area (Å²) in [5.74, 6) is 0.940. The van der Waals surface area contributed by atoms with Gasteiger partial charge in [0, 0.05) is 70.9 Å². The minimum Gasteiger partial charge on any atom is -0.381 e. The first-order chi connectivity index (χ1) is 14.7. The third-order valence-electron chi connectivity index (χ3n) is 6.72. The molecule has 4 rings (SSSR count). The van der Waals surface area contributed by atoms with E-state index in [4.69, 9.17) is 9.73 Å². The molecule has 0 radical (unpaired) electrons. The number of nitrogens with zero attached hydrogens (tertiary/aromatic N) is 4. The molecule has 1 aromatic rings. The molecule has 174 valence electrons. The largest absolute Gasteiger partial charge is 0.381 e. The Bertz CT molecular complexity index is 720. The van der Waals surface area contributed by atoms with E-state index in [1.807, 2.05) is 12.1 Å². The van der Waals surface area contributed by atoms with Crippen LogP contribution in [0.2, 0.25) is 0 Å². The minimum atomic E-state index is -0.121. The Labute approximate surface area is 203 Å². The lowest BCUT2D eigenvalue weighted by atomic mass is 9.87. The van der Waals surface area contributed by atoms with Crippen LogP contribution >= 0.6 is 24.0 Å². The number of halogens is 2. The second kappa shape index (κ2) is 11.7. The van der Waals surface area contributed by atoms with E-state index < -0.39 is 0 Å². The van der Waals surface area contributed by atoms with E-state index in [0.29, 0.717) is 5.41 Å². The second-order valence-electron chi connectivity index (χ2n) is 8.84. The summed E-state index contributed by atoms with van der Waals surface area (Å²) in [5, 5.41) is 3.48. The molecular formula is C23H37FIN5O. The zero-order valence-electron chi connectivity index (χ0n) is 18.7. The molecule has 3 aliphatic rings. The van der Waals surface area contributed by atoms with Crippen LogP contribution in [-0.4, -0.2) is 87.9 Å². The Kier molecular flexibility index (Phi) is 9.21. The van der Waals surface area contributed by atoms with Gasteiger partial charge in [0.15, 0.2) is 5.96 Å². The number of hydrogen-bond donors (Lipinski definition) is 1. The third-order valence-corrected chi connectivity index (χ3v) is 6.72. The molecule has 1 N–H and O–H groups in total. The van der Waals surface area contributed by atoms with Gasteiger partial charge in [-0.2, -0.15) is 0 Å². The van der Waals surface area contributed by atoms with Gasteiger partial charge < -0.3 is 19.9 Å². The normalized spacial score (nSPS) is 24.6. The molecule has 3 fully saturated rings. The van der Waals surface area contributed by atoms with Crippen molar-refractivity contribution in [3.05, 3.63) is 30.1 Å². The van der Waals surface area contributed by atoms with Crippen LogP contribution in [0.25, 0.3) is 0 Å². The Balaban J connectivity index is 0.00000272. The van der Waals surface area contributed by atoms with Crippen molar-refractivity contribution in [2.75, 3.05) is 77.0 Å². The number of likely N-dealkylation sites (tertiary alicyclic amines) is 1. The molecule has 1 aromatic carbocycles. The number of hydrogen-bond acceptors (Lipinski definition) is 4. The minimum absolute atomic E-state index is 0. The van der Waals surface area contributed by atoms with Gasteiger partial charge in [0.2, 0.25) is 0 Å². The average molecular weight is 545 g/mol. The summed E-state index contributed by atoms with van der Waals surface area (Å²) in [5.41, 5.74) is 1.08. The lowest BCUT2D eigenvalue weighted by Gasteiger charge is -2.36. The summed E-state index contributed by atoms with van der Waals surface area (Å²) in [6.45, 7) is 12.6. The molecule has 31 heavy (non-hydrogen) atoms. The van der Waals surface area contributed by atoms with E-state index in [1.54, 1.807) is 12.1 Å². The van der Waals surface area contributed by atoms with E-state index in [1.165, 1.54) is 12.8 Å². The van der Waals surface area contributed by atoms with E-state index in [9.17, 15) is 4.39 Å². The molecule has 1 atom stereocenters. The maximum absolute atomic E-state index is 14.0. The number of para-hydroxylation sites is 1. The van der Waals surface area contributed by atoms with Gasteiger partial charge in [-0.15, -0.1) is 24.0 Å². The first kappa shape index (κ1) is 24.5. The van der Waals surface area contributed by atoms with Crippen LogP contribution in [0.5, 0.6) is 0 Å². The smallest absolute Gasteiger partial charge is 0.193 e. The van der Waals surface area contributed by atoms with Gasteiger partial charge >= 0.3 is 0 Å². The maximum atomic E-state index is 14.0. The second-order valence-corrected chi connectivity index (χ2v) is 8.84. The van der Waals surface area contributed by atoms with Crippen LogP contribution in [0, 0.1) is 11.2 Å². The first-order valence-electron chi connectivity index (χ1n) is 11.5. The highest BCUT2D eigenvalue weighted by molar-refractivity contribution is 14.0. The molecule has 8 heteroatoms. The number of ether oxygens (including phenoxy) is 1. The highest BCUT2D eigenvalue weighted by Crippen LogP contribution is 2.38. The summed E-state index contributed by atoms with van der Waals surface area (Å²) < 4.78 is 19.7. The number of benzene rings is 1. The zero-order chi connectivity index (χ0) is 20.8. The number of aliphatic imine (C=N–C) groups is 1. The Hall–Kier alpha value is -1.13. The fourth-order valence-electron chi connectivity index (χ4n) is 4.91. The SMILES string of the molecule is CCNC(=NCCCN1CCN(c2ccccc2F)CC1)N1CCC2(CCOC2)C1.I. The standard InChI is InChI=1S/C23H36FN5O.HI/c1-2-25-22(29-12-8-23(18-29)9-17-30-19-23)26-10-5-11-27-13-15-28(16-14-27)21-7-4-3-6-20(21)24;/h3-4,6-7H,2,5,8-19H2,1H3,(H,25,26);1H. The van der Waals surface area contributed by atoms with Gasteiger partial charge in [0.1, 0.15) is 5.82 Å². The molecule has 3 heterocycles. The average Bonchev–Trinajstić information content (AvgIpc) is 3.41. The number of piperazine rings is 1. The van der Waals surface area contributed by atoms with Crippen molar-refractivity contribution in [1.29, 1.82) is 0 Å². The van der Waals surface area contributed by atoms with E-state index >= 15 is 0 Å². The lowest BCUT2D eigenvalue weighted by molar-refractivity contribution is 0.156. The highest BCUT2D eigenvalue weighted by Gasteiger charge is 2.42. The third kappa shape index (κ3) is 6.22. The number of anilines is 1. The molecule has 3 aliphatic heterocycles. The van der Waals surface area contributed by atoms with Crippen molar-refractivity contribution in [3.8, 4) is 0 Å². The summed E-state index contributed by atoms with van der Waals surface area (Å²) >= 11 is 0. The Morgan fingerprint density at radius 3 is 2.68 bits per heavy atom. The number of guanidine groups is 1. The fourth-order valence-corrected chi connectivity index (χ4v) is 4.91. The molecule has 1 spiro atoms. The van der Waals surface area contributed by atoms with Gasteiger partial charge in [-0.3, -0.25) is 9.89 Å². The highest BCUT2D eigenvalue weighted by atomic mass is 127. The van der Waals surface area contributed by atoms with Crippen molar-refractivity contribution in [2.45, 2.75) is 26.2 Å². The van der Waals surface area contributed by atoms with Gasteiger partial charge in [0.05, 0.1) is 12.3 Å². The topological polar surface area (TPSA) is 43.3 Å². The van der Waals surface area contributed by atoms with Crippen molar-refractivity contribution in [3.63, 3.8) is 0 Å². The molecule has 0 aromatic heterocycles. The monoisotopic (exact) mass is 545 g/mol. The van der Waals surface area contributed by atoms with Gasteiger partial charge in [-0.05, 0) is 38.3 Å². The first-order valence-corrected chi connectivity index (χ1v) is 11.5. The fraction of sp³-hybridized carbons (Fsp3) is 0.696. The lowest BCUT2D eigenvalue weighted by Crippen LogP contribution is -2.47. The predicted molar refractivity (Wildman–Crippen MR) is 135 cm³/mol. The van der Waals surface area contributed by atoms with Crippen molar-refractivity contribution in [2.24, 2.45) is 10.4 Å². The molecule has 3 saturated heterocycles. The number of rotatable bonds is 6. The van der Waals surface area contributed by atoms with E-state index in [0.717, 1.165) is 90.2 Å².